The zero-order valence-corrected chi connectivity index (χ0v) is 15.6. The van der Waals surface area contributed by atoms with Crippen LogP contribution in [0.4, 0.5) is 10.5 Å². The number of carbonyl (C=O) groups is 2. The van der Waals surface area contributed by atoms with Crippen molar-refractivity contribution in [3.63, 3.8) is 0 Å². The lowest BCUT2D eigenvalue weighted by molar-refractivity contribution is 0.0159. The largest absolute Gasteiger partial charge is 0.444 e. The molecule has 0 aliphatic carbocycles. The number of nitrogens with zero attached hydrogens (tertiary/aromatic N) is 3. The second-order valence-corrected chi connectivity index (χ2v) is 7.29. The van der Waals surface area contributed by atoms with Gasteiger partial charge in [0.15, 0.2) is 5.15 Å². The van der Waals surface area contributed by atoms with E-state index in [0.29, 0.717) is 25.3 Å². The van der Waals surface area contributed by atoms with Crippen molar-refractivity contribution in [1.29, 1.82) is 0 Å². The lowest BCUT2D eigenvalue weighted by atomic mass is 10.1. The number of pyridine rings is 1. The molecule has 2 amide bonds. The Kier molecular flexibility index (Phi) is 4.56. The molecule has 1 saturated heterocycles. The minimum absolute atomic E-state index is 0.0784. The fourth-order valence-electron chi connectivity index (χ4n) is 2.62. The van der Waals surface area contributed by atoms with Crippen molar-refractivity contribution in [1.82, 2.24) is 15.2 Å². The van der Waals surface area contributed by atoms with Crippen LogP contribution in [0.2, 0.25) is 5.15 Å². The number of anilines is 1. The second kappa shape index (κ2) is 7.47. The van der Waals surface area contributed by atoms with Gasteiger partial charge in [-0.15, -0.1) is 0 Å². The summed E-state index contributed by atoms with van der Waals surface area (Å²) in [6.45, 7) is 6.26. The Hall–Kier alpha value is -2.02. The predicted octanol–water partition coefficient (Wildman–Crippen LogP) is 2.54. The lowest BCUT2D eigenvalue weighted by Gasteiger charge is -2.41. The van der Waals surface area contributed by atoms with Crippen LogP contribution in [-0.2, 0) is 4.74 Å². The van der Waals surface area contributed by atoms with Crippen molar-refractivity contribution in [2.45, 2.75) is 39.3 Å². The number of piperazine rings is 1. The standard InChI is InChI=1S/C17H25ClN4O3/c1-11-10-21(8-9-22(11)16(24)25-17(2,3)4)13-7-6-12(15(23)19-5)20-14(13)18/h6-7,11H,8-10H2,1-5H3,(H,19,23)/t11-/m1/s1/i5D3. The molecule has 1 aromatic heterocycles. The number of hydrogen-bond donors (Lipinski definition) is 1. The number of ether oxygens (including phenoxy) is 1. The van der Waals surface area contributed by atoms with Gasteiger partial charge in [0.1, 0.15) is 11.3 Å². The second-order valence-electron chi connectivity index (χ2n) is 6.93. The van der Waals surface area contributed by atoms with Crippen LogP contribution in [-0.4, -0.2) is 60.1 Å². The SMILES string of the molecule is [2H]C([2H])([2H])NC(=O)c1ccc(N2CCN(C(=O)OC(C)(C)C)[C@H](C)C2)c(Cl)n1. The zero-order valence-electron chi connectivity index (χ0n) is 17.8. The summed E-state index contributed by atoms with van der Waals surface area (Å²) in [7, 11) is 0. The Bertz CT molecular complexity index is 752. The van der Waals surface area contributed by atoms with Crippen LogP contribution in [0.1, 0.15) is 42.3 Å². The summed E-state index contributed by atoms with van der Waals surface area (Å²) in [5.74, 6) is -0.823. The highest BCUT2D eigenvalue weighted by Gasteiger charge is 2.31. The maximum Gasteiger partial charge on any atom is 0.410 e. The van der Waals surface area contributed by atoms with Crippen molar-refractivity contribution in [2.24, 2.45) is 0 Å². The average Bonchev–Trinajstić information content (AvgIpc) is 2.51. The average molecular weight is 372 g/mol. The molecule has 1 aliphatic heterocycles. The van der Waals surface area contributed by atoms with Gasteiger partial charge in [0.05, 0.1) is 5.69 Å². The molecule has 7 nitrogen and oxygen atoms in total. The molecule has 0 bridgehead atoms. The fourth-order valence-corrected chi connectivity index (χ4v) is 2.90. The van der Waals surface area contributed by atoms with E-state index in [9.17, 15) is 9.59 Å². The maximum absolute atomic E-state index is 12.3. The first-order chi connectivity index (χ1) is 12.8. The maximum atomic E-state index is 12.3. The highest BCUT2D eigenvalue weighted by Crippen LogP contribution is 2.27. The van der Waals surface area contributed by atoms with Crippen molar-refractivity contribution in [2.75, 3.05) is 31.5 Å². The smallest absolute Gasteiger partial charge is 0.410 e. The third-order valence-electron chi connectivity index (χ3n) is 3.77. The van der Waals surface area contributed by atoms with Gasteiger partial charge >= 0.3 is 6.09 Å². The van der Waals surface area contributed by atoms with Gasteiger partial charge in [-0.1, -0.05) is 11.6 Å². The third kappa shape index (κ3) is 4.75. The quantitative estimate of drug-likeness (QED) is 0.808. The van der Waals surface area contributed by atoms with Crippen LogP contribution in [0, 0.1) is 0 Å². The van der Waals surface area contributed by atoms with Crippen molar-refractivity contribution in [3.8, 4) is 0 Å². The molecule has 1 aromatic rings. The van der Waals surface area contributed by atoms with E-state index in [0.717, 1.165) is 0 Å². The lowest BCUT2D eigenvalue weighted by Crippen LogP contribution is -2.55. The van der Waals surface area contributed by atoms with Gasteiger partial charge in [0.25, 0.3) is 5.91 Å². The van der Waals surface area contributed by atoms with Gasteiger partial charge in [-0.05, 0) is 39.8 Å². The molecule has 1 N–H and O–H groups in total. The van der Waals surface area contributed by atoms with E-state index in [1.807, 2.05) is 37.9 Å². The molecule has 0 spiro atoms. The summed E-state index contributed by atoms with van der Waals surface area (Å²) >= 11 is 6.23. The Morgan fingerprint density at radius 2 is 2.12 bits per heavy atom. The molecule has 25 heavy (non-hydrogen) atoms. The van der Waals surface area contributed by atoms with E-state index in [1.165, 1.54) is 6.07 Å². The molecule has 0 unspecified atom stereocenters. The number of carbonyl (C=O) groups excluding carboxylic acids is 2. The minimum atomic E-state index is -2.60. The molecule has 0 aromatic carbocycles. The summed E-state index contributed by atoms with van der Waals surface area (Å²) in [5.41, 5.74) is -0.0279. The van der Waals surface area contributed by atoms with Crippen LogP contribution in [0.5, 0.6) is 0 Å². The molecular formula is C17H25ClN4O3. The van der Waals surface area contributed by atoms with Gasteiger partial charge in [-0.3, -0.25) is 4.79 Å². The van der Waals surface area contributed by atoms with Crippen molar-refractivity contribution in [3.05, 3.63) is 23.0 Å². The summed E-state index contributed by atoms with van der Waals surface area (Å²) in [6.07, 6.45) is -0.361. The topological polar surface area (TPSA) is 74.8 Å². The van der Waals surface area contributed by atoms with Gasteiger partial charge in [0, 0.05) is 36.8 Å². The first-order valence-corrected chi connectivity index (χ1v) is 8.38. The van der Waals surface area contributed by atoms with Gasteiger partial charge in [0.2, 0.25) is 0 Å². The normalized spacial score (nSPS) is 20.4. The summed E-state index contributed by atoms with van der Waals surface area (Å²) in [6, 6.07) is 2.94. The number of hydrogen-bond acceptors (Lipinski definition) is 5. The van der Waals surface area contributed by atoms with E-state index in [1.54, 1.807) is 11.0 Å². The molecule has 0 saturated carbocycles. The predicted molar refractivity (Wildman–Crippen MR) is 97.3 cm³/mol. The molecule has 2 rings (SSSR count). The number of rotatable bonds is 2. The van der Waals surface area contributed by atoms with Crippen LogP contribution >= 0.6 is 11.6 Å². The Morgan fingerprint density at radius 3 is 2.68 bits per heavy atom. The molecular weight excluding hydrogens is 344 g/mol. The van der Waals surface area contributed by atoms with Crippen LogP contribution in [0.25, 0.3) is 0 Å². The highest BCUT2D eigenvalue weighted by atomic mass is 35.5. The van der Waals surface area contributed by atoms with Gasteiger partial charge in [-0.25, -0.2) is 9.78 Å². The molecule has 1 fully saturated rings. The first-order valence-electron chi connectivity index (χ1n) is 9.50. The zero-order chi connectivity index (χ0) is 21.3. The number of nitrogens with one attached hydrogen (secondary N) is 1. The van der Waals surface area contributed by atoms with Crippen LogP contribution < -0.4 is 10.2 Å². The van der Waals surface area contributed by atoms with Crippen molar-refractivity contribution >= 4 is 29.3 Å². The molecule has 8 heteroatoms. The monoisotopic (exact) mass is 371 g/mol. The summed E-state index contributed by atoms with van der Waals surface area (Å²) in [4.78, 5) is 31.9. The highest BCUT2D eigenvalue weighted by molar-refractivity contribution is 6.32. The number of halogens is 1. The van der Waals surface area contributed by atoms with E-state index < -0.39 is 18.5 Å². The third-order valence-corrected chi connectivity index (χ3v) is 4.05. The Morgan fingerprint density at radius 1 is 1.40 bits per heavy atom. The molecule has 1 atom stereocenters. The van der Waals surface area contributed by atoms with Crippen LogP contribution in [0.3, 0.4) is 0 Å². The van der Waals surface area contributed by atoms with E-state index in [2.05, 4.69) is 4.98 Å². The van der Waals surface area contributed by atoms with E-state index in [4.69, 9.17) is 20.5 Å². The Labute approximate surface area is 157 Å². The van der Waals surface area contributed by atoms with Crippen LogP contribution in [0.15, 0.2) is 12.1 Å². The van der Waals surface area contributed by atoms with Crippen molar-refractivity contribution < 1.29 is 18.4 Å². The van der Waals surface area contributed by atoms with Gasteiger partial charge < -0.3 is 19.9 Å². The number of amides is 2. The Balaban J connectivity index is 2.07. The molecule has 2 heterocycles. The van der Waals surface area contributed by atoms with E-state index in [-0.39, 0.29) is 23.0 Å². The molecule has 1 aliphatic rings. The summed E-state index contributed by atoms with van der Waals surface area (Å²) in [5, 5.41) is 1.97. The summed E-state index contributed by atoms with van der Waals surface area (Å²) < 4.78 is 26.7. The minimum Gasteiger partial charge on any atom is -0.444 e. The van der Waals surface area contributed by atoms with E-state index >= 15 is 0 Å². The molecule has 0 radical (unpaired) electrons. The van der Waals surface area contributed by atoms with Gasteiger partial charge in [-0.2, -0.15) is 0 Å². The number of aromatic nitrogens is 1. The fraction of sp³-hybridized carbons (Fsp3) is 0.588. The first kappa shape index (κ1) is 15.3. The molecule has 138 valence electrons.